The van der Waals surface area contributed by atoms with Gasteiger partial charge in [-0.05, 0) is 43.2 Å². The highest BCUT2D eigenvalue weighted by Crippen LogP contribution is 2.32. The number of carbonyl (C=O) groups is 2. The molecule has 1 N–H and O–H groups in total. The number of nitrogens with one attached hydrogen (secondary N) is 1. The monoisotopic (exact) mass is 460 g/mol. The van der Waals surface area contributed by atoms with E-state index in [1.165, 1.54) is 18.1 Å². The van der Waals surface area contributed by atoms with E-state index in [2.05, 4.69) is 4.98 Å². The second kappa shape index (κ2) is 8.37. The molecule has 2 aromatic heterocycles. The van der Waals surface area contributed by atoms with Crippen LogP contribution in [0.25, 0.3) is 21.9 Å². The normalized spacial score (nSPS) is 15.4. The van der Waals surface area contributed by atoms with Crippen molar-refractivity contribution in [1.29, 1.82) is 0 Å². The lowest BCUT2D eigenvalue weighted by molar-refractivity contribution is -0.154. The lowest BCUT2D eigenvalue weighted by Crippen LogP contribution is -2.50. The highest BCUT2D eigenvalue weighted by molar-refractivity contribution is 5.90. The van der Waals surface area contributed by atoms with E-state index in [0.717, 1.165) is 33.1 Å². The summed E-state index contributed by atoms with van der Waals surface area (Å²) < 4.78 is 16.2. The van der Waals surface area contributed by atoms with Gasteiger partial charge in [0.25, 0.3) is 5.91 Å². The van der Waals surface area contributed by atoms with Crippen molar-refractivity contribution in [3.8, 4) is 5.75 Å². The number of hydrogen-bond acceptors (Lipinski definition) is 6. The van der Waals surface area contributed by atoms with E-state index in [-0.39, 0.29) is 19.1 Å². The summed E-state index contributed by atoms with van der Waals surface area (Å²) in [4.78, 5) is 42.5. The summed E-state index contributed by atoms with van der Waals surface area (Å²) in [5.41, 5.74) is 4.31. The van der Waals surface area contributed by atoms with Crippen LogP contribution >= 0.6 is 0 Å². The Morgan fingerprint density at radius 3 is 2.74 bits per heavy atom. The third-order valence-corrected chi connectivity index (χ3v) is 6.47. The predicted octanol–water partition coefficient (Wildman–Crippen LogP) is 3.40. The van der Waals surface area contributed by atoms with Crippen molar-refractivity contribution >= 4 is 33.7 Å². The van der Waals surface area contributed by atoms with Gasteiger partial charge in [-0.3, -0.25) is 4.79 Å². The second-order valence-electron chi connectivity index (χ2n) is 8.49. The summed E-state index contributed by atoms with van der Waals surface area (Å²) in [6, 6.07) is 12.1. The van der Waals surface area contributed by atoms with Gasteiger partial charge in [0.2, 0.25) is 0 Å². The van der Waals surface area contributed by atoms with Gasteiger partial charge in [0.15, 0.2) is 6.61 Å². The fourth-order valence-electron chi connectivity index (χ4n) is 4.70. The number of methoxy groups -OCH3 is 1. The molecule has 5 rings (SSSR count). The van der Waals surface area contributed by atoms with E-state index < -0.39 is 17.6 Å². The average molecular weight is 460 g/mol. The molecule has 1 amide bonds. The fourth-order valence-corrected chi connectivity index (χ4v) is 4.70. The van der Waals surface area contributed by atoms with Gasteiger partial charge < -0.3 is 23.8 Å². The smallest absolute Gasteiger partial charge is 0.336 e. The number of fused-ring (bicyclic) bond motifs is 4. The van der Waals surface area contributed by atoms with Gasteiger partial charge >= 0.3 is 11.6 Å². The largest absolute Gasteiger partial charge is 0.483 e. The number of ether oxygens (including phenoxy) is 2. The Morgan fingerprint density at radius 2 is 1.94 bits per heavy atom. The van der Waals surface area contributed by atoms with Crippen LogP contribution in [-0.4, -0.2) is 41.5 Å². The number of aromatic nitrogens is 1. The molecule has 0 fully saturated rings. The van der Waals surface area contributed by atoms with Crippen LogP contribution in [0.1, 0.15) is 22.4 Å². The zero-order chi connectivity index (χ0) is 24.0. The summed E-state index contributed by atoms with van der Waals surface area (Å²) in [5.74, 6) is -0.374. The maximum absolute atomic E-state index is 13.2. The van der Waals surface area contributed by atoms with Crippen molar-refractivity contribution in [3.05, 3.63) is 75.3 Å². The Kier molecular flexibility index (Phi) is 5.36. The summed E-state index contributed by atoms with van der Waals surface area (Å²) >= 11 is 0. The molecule has 8 heteroatoms. The van der Waals surface area contributed by atoms with Crippen LogP contribution in [0.15, 0.2) is 51.7 Å². The molecule has 34 heavy (non-hydrogen) atoms. The Hall–Kier alpha value is -4.07. The average Bonchev–Trinajstić information content (AvgIpc) is 3.20. The first-order valence-electron chi connectivity index (χ1n) is 11.0. The summed E-state index contributed by atoms with van der Waals surface area (Å²) in [7, 11) is 1.32. The quantitative estimate of drug-likeness (QED) is 0.370. The standard InChI is InChI=1S/C26H24N2O6/c1-14-10-24(30)34-25-15(2)22(9-8-16(14)25)33-13-23(29)28-12-20-18(11-21(28)26(31)32-3)17-6-4-5-7-19(17)27-20/h4-10,21,27H,11-13H2,1-3H3/t21-/m0/s1. The number of rotatable bonds is 4. The zero-order valence-corrected chi connectivity index (χ0v) is 19.1. The van der Waals surface area contributed by atoms with Crippen molar-refractivity contribution in [1.82, 2.24) is 9.88 Å². The van der Waals surface area contributed by atoms with Gasteiger partial charge in [-0.2, -0.15) is 0 Å². The molecule has 174 valence electrons. The molecule has 0 saturated carbocycles. The molecule has 0 spiro atoms. The number of aryl methyl sites for hydroxylation is 2. The van der Waals surface area contributed by atoms with Crippen LogP contribution < -0.4 is 10.4 Å². The number of benzene rings is 2. The van der Waals surface area contributed by atoms with Gasteiger partial charge in [-0.25, -0.2) is 9.59 Å². The molecule has 1 atom stereocenters. The van der Waals surface area contributed by atoms with Crippen LogP contribution in [0, 0.1) is 13.8 Å². The number of nitrogens with zero attached hydrogens (tertiary/aromatic N) is 1. The molecule has 0 radical (unpaired) electrons. The Labute approximate surface area is 195 Å². The van der Waals surface area contributed by atoms with Crippen molar-refractivity contribution in [2.45, 2.75) is 32.9 Å². The number of carbonyl (C=O) groups excluding carboxylic acids is 2. The second-order valence-corrected chi connectivity index (χ2v) is 8.49. The minimum Gasteiger partial charge on any atom is -0.483 e. The lowest BCUT2D eigenvalue weighted by Gasteiger charge is -2.33. The van der Waals surface area contributed by atoms with Crippen LogP contribution in [0.3, 0.4) is 0 Å². The first-order valence-corrected chi connectivity index (χ1v) is 11.0. The molecule has 1 aliphatic heterocycles. The lowest BCUT2D eigenvalue weighted by atomic mass is 9.96. The summed E-state index contributed by atoms with van der Waals surface area (Å²) in [6.45, 7) is 3.59. The first kappa shape index (κ1) is 21.8. The highest BCUT2D eigenvalue weighted by atomic mass is 16.5. The first-order chi connectivity index (χ1) is 16.4. The molecule has 0 unspecified atom stereocenters. The van der Waals surface area contributed by atoms with Crippen molar-refractivity contribution in [2.75, 3.05) is 13.7 Å². The van der Waals surface area contributed by atoms with Crippen LogP contribution in [0.4, 0.5) is 0 Å². The molecule has 4 aromatic rings. The van der Waals surface area contributed by atoms with Crippen molar-refractivity contribution in [2.24, 2.45) is 0 Å². The van der Waals surface area contributed by atoms with E-state index in [9.17, 15) is 14.4 Å². The van der Waals surface area contributed by atoms with E-state index >= 15 is 0 Å². The Balaban J connectivity index is 1.41. The molecule has 3 heterocycles. The number of H-pyrrole nitrogens is 1. The van der Waals surface area contributed by atoms with Crippen molar-refractivity contribution in [3.63, 3.8) is 0 Å². The maximum Gasteiger partial charge on any atom is 0.336 e. The van der Waals surface area contributed by atoms with E-state index in [0.29, 0.717) is 23.3 Å². The fraction of sp³-hybridized carbons (Fsp3) is 0.269. The molecular formula is C26H24N2O6. The molecule has 1 aliphatic rings. The van der Waals surface area contributed by atoms with Crippen molar-refractivity contribution < 1.29 is 23.5 Å². The molecule has 8 nitrogen and oxygen atoms in total. The van der Waals surface area contributed by atoms with Gasteiger partial charge in [-0.1, -0.05) is 18.2 Å². The highest BCUT2D eigenvalue weighted by Gasteiger charge is 2.37. The number of hydrogen-bond donors (Lipinski definition) is 1. The third-order valence-electron chi connectivity index (χ3n) is 6.47. The van der Waals surface area contributed by atoms with E-state index in [1.54, 1.807) is 19.1 Å². The molecular weight excluding hydrogens is 436 g/mol. The maximum atomic E-state index is 13.2. The predicted molar refractivity (Wildman–Crippen MR) is 126 cm³/mol. The molecule has 2 aromatic carbocycles. The van der Waals surface area contributed by atoms with Crippen LogP contribution in [0.2, 0.25) is 0 Å². The number of aromatic amines is 1. The van der Waals surface area contributed by atoms with Gasteiger partial charge in [0, 0.05) is 40.0 Å². The Bertz CT molecular complexity index is 1500. The van der Waals surface area contributed by atoms with Gasteiger partial charge in [0.1, 0.15) is 17.4 Å². The number of esters is 1. The number of para-hydroxylation sites is 1. The third kappa shape index (κ3) is 3.61. The summed E-state index contributed by atoms with van der Waals surface area (Å²) in [5, 5.41) is 1.85. The number of amides is 1. The molecule has 0 bridgehead atoms. The van der Waals surface area contributed by atoms with Crippen LogP contribution in [0.5, 0.6) is 5.75 Å². The SMILES string of the molecule is COC(=O)[C@@H]1Cc2c([nH]c3ccccc23)CN1C(=O)COc1ccc2c(C)cc(=O)oc2c1C. The van der Waals surface area contributed by atoms with E-state index in [1.807, 2.05) is 31.2 Å². The minimum atomic E-state index is -0.744. The van der Waals surface area contributed by atoms with Gasteiger partial charge in [0.05, 0.1) is 13.7 Å². The van der Waals surface area contributed by atoms with Crippen LogP contribution in [-0.2, 0) is 27.3 Å². The topological polar surface area (TPSA) is 102 Å². The molecule has 0 saturated heterocycles. The van der Waals surface area contributed by atoms with E-state index in [4.69, 9.17) is 13.9 Å². The minimum absolute atomic E-state index is 0.247. The Morgan fingerprint density at radius 1 is 1.15 bits per heavy atom. The summed E-state index contributed by atoms with van der Waals surface area (Å²) in [6.07, 6.45) is 0.358. The zero-order valence-electron chi connectivity index (χ0n) is 19.1. The van der Waals surface area contributed by atoms with Gasteiger partial charge in [-0.15, -0.1) is 0 Å². The molecule has 0 aliphatic carbocycles.